The second-order valence-electron chi connectivity index (χ2n) is 13.6. The van der Waals surface area contributed by atoms with Gasteiger partial charge < -0.3 is 4.42 Å². The minimum atomic E-state index is 0.597. The highest BCUT2D eigenvalue weighted by Crippen LogP contribution is 2.40. The highest BCUT2D eigenvalue weighted by atomic mass is 32.1. The fourth-order valence-electron chi connectivity index (χ4n) is 7.62. The maximum atomic E-state index is 6.48. The van der Waals surface area contributed by atoms with E-state index in [-0.39, 0.29) is 0 Å². The number of hydrogen-bond donors (Lipinski definition) is 0. The van der Waals surface area contributed by atoms with E-state index < -0.39 is 0 Å². The molecular formula is C49H29N3OS. The maximum Gasteiger partial charge on any atom is 0.164 e. The number of aromatic nitrogens is 3. The molecule has 0 radical (unpaired) electrons. The molecule has 0 fully saturated rings. The van der Waals surface area contributed by atoms with Crippen molar-refractivity contribution in [1.29, 1.82) is 0 Å². The van der Waals surface area contributed by atoms with Crippen LogP contribution >= 0.6 is 11.3 Å². The smallest absolute Gasteiger partial charge is 0.164 e. The standard InChI is InChI=1S/C49H29N3OS/c1-2-9-30(10-3-1)32-17-20-33(21-18-32)47-50-48(37-22-19-31-11-4-5-12-34(31)27-37)52-49(51-47)39-14-8-15-43-46(39)41-29-35(23-25-42(41)53-43)36-24-26-45-40(28-36)38-13-6-7-16-44(38)54-45/h1-29H. The molecule has 3 aromatic heterocycles. The lowest BCUT2D eigenvalue weighted by Gasteiger charge is -2.10. The van der Waals surface area contributed by atoms with Crippen LogP contribution in [0.15, 0.2) is 180 Å². The van der Waals surface area contributed by atoms with E-state index in [0.29, 0.717) is 17.5 Å². The van der Waals surface area contributed by atoms with E-state index in [2.05, 4.69) is 158 Å². The first kappa shape index (κ1) is 30.7. The van der Waals surface area contributed by atoms with Crippen LogP contribution in [-0.2, 0) is 0 Å². The Bertz CT molecular complexity index is 3220. The van der Waals surface area contributed by atoms with Gasteiger partial charge in [-0.3, -0.25) is 0 Å². The number of benzene rings is 8. The van der Waals surface area contributed by atoms with E-state index in [0.717, 1.165) is 55.1 Å². The van der Waals surface area contributed by atoms with Crippen molar-refractivity contribution in [1.82, 2.24) is 15.0 Å². The summed E-state index contributed by atoms with van der Waals surface area (Å²) in [6.45, 7) is 0. The molecule has 252 valence electrons. The van der Waals surface area contributed by atoms with Crippen LogP contribution in [0.4, 0.5) is 0 Å². The van der Waals surface area contributed by atoms with Crippen molar-refractivity contribution in [3.63, 3.8) is 0 Å². The predicted molar refractivity (Wildman–Crippen MR) is 225 cm³/mol. The van der Waals surface area contributed by atoms with Gasteiger partial charge in [0.05, 0.1) is 0 Å². The van der Waals surface area contributed by atoms with Crippen LogP contribution < -0.4 is 0 Å². The lowest BCUT2D eigenvalue weighted by atomic mass is 9.99. The zero-order valence-electron chi connectivity index (χ0n) is 28.9. The summed E-state index contributed by atoms with van der Waals surface area (Å²) in [6.07, 6.45) is 0. The molecule has 0 atom stereocenters. The van der Waals surface area contributed by atoms with E-state index in [9.17, 15) is 0 Å². The molecular weight excluding hydrogens is 679 g/mol. The van der Waals surface area contributed by atoms with Gasteiger partial charge in [-0.1, -0.05) is 133 Å². The summed E-state index contributed by atoms with van der Waals surface area (Å²) in [6, 6.07) is 61.6. The van der Waals surface area contributed by atoms with Crippen molar-refractivity contribution in [3.8, 4) is 56.4 Å². The number of thiophene rings is 1. The molecule has 0 aliphatic rings. The third kappa shape index (κ3) is 5.17. The van der Waals surface area contributed by atoms with Crippen molar-refractivity contribution in [2.75, 3.05) is 0 Å². The first-order chi connectivity index (χ1) is 26.7. The second-order valence-corrected chi connectivity index (χ2v) is 14.7. The molecule has 5 heteroatoms. The number of nitrogens with zero attached hydrogens (tertiary/aromatic N) is 3. The molecule has 0 spiro atoms. The Morgan fingerprint density at radius 2 is 0.981 bits per heavy atom. The van der Waals surface area contributed by atoms with E-state index in [4.69, 9.17) is 19.4 Å². The Hall–Kier alpha value is -6.95. The fraction of sp³-hybridized carbons (Fsp3) is 0. The summed E-state index contributed by atoms with van der Waals surface area (Å²) in [4.78, 5) is 15.4. The number of rotatable bonds is 5. The van der Waals surface area contributed by atoms with Crippen molar-refractivity contribution < 1.29 is 4.42 Å². The minimum Gasteiger partial charge on any atom is -0.456 e. The molecule has 0 N–H and O–H groups in total. The average molecular weight is 708 g/mol. The SMILES string of the molecule is c1ccc(-c2ccc(-c3nc(-c4ccc5ccccc5c4)nc(-c4cccc5oc6ccc(-c7ccc8sc9ccccc9c8c7)cc6c45)n3)cc2)cc1. The van der Waals surface area contributed by atoms with Gasteiger partial charge in [0.25, 0.3) is 0 Å². The first-order valence-corrected chi connectivity index (χ1v) is 18.8. The van der Waals surface area contributed by atoms with Crippen molar-refractivity contribution in [3.05, 3.63) is 176 Å². The zero-order chi connectivity index (χ0) is 35.6. The Balaban J connectivity index is 1.09. The summed E-state index contributed by atoms with van der Waals surface area (Å²) in [5.74, 6) is 1.83. The third-order valence-corrected chi connectivity index (χ3v) is 11.5. The molecule has 8 aromatic carbocycles. The van der Waals surface area contributed by atoms with Crippen molar-refractivity contribution in [2.24, 2.45) is 0 Å². The molecule has 0 aliphatic carbocycles. The molecule has 0 bridgehead atoms. The Morgan fingerprint density at radius 1 is 0.352 bits per heavy atom. The van der Waals surface area contributed by atoms with E-state index in [1.165, 1.54) is 36.7 Å². The monoisotopic (exact) mass is 707 g/mol. The van der Waals surface area contributed by atoms with Gasteiger partial charge in [0.1, 0.15) is 11.2 Å². The van der Waals surface area contributed by atoms with E-state index >= 15 is 0 Å². The Morgan fingerprint density at radius 3 is 1.85 bits per heavy atom. The van der Waals surface area contributed by atoms with Gasteiger partial charge in [0.2, 0.25) is 0 Å². The molecule has 0 saturated carbocycles. The summed E-state index contributed by atoms with van der Waals surface area (Å²) in [5, 5.41) is 6.88. The van der Waals surface area contributed by atoms with Crippen LogP contribution in [-0.4, -0.2) is 15.0 Å². The molecule has 11 aromatic rings. The minimum absolute atomic E-state index is 0.597. The van der Waals surface area contributed by atoms with Crippen LogP contribution in [0.3, 0.4) is 0 Å². The summed E-state index contributed by atoms with van der Waals surface area (Å²) in [5.41, 5.74) is 8.96. The largest absolute Gasteiger partial charge is 0.456 e. The predicted octanol–water partition coefficient (Wildman–Crippen LogP) is 13.6. The molecule has 0 saturated heterocycles. The number of hydrogen-bond acceptors (Lipinski definition) is 5. The van der Waals surface area contributed by atoms with Crippen LogP contribution in [0, 0.1) is 0 Å². The Kier molecular flexibility index (Phi) is 7.00. The first-order valence-electron chi connectivity index (χ1n) is 18.0. The lowest BCUT2D eigenvalue weighted by Crippen LogP contribution is -2.00. The second kappa shape index (κ2) is 12.3. The third-order valence-electron chi connectivity index (χ3n) is 10.3. The van der Waals surface area contributed by atoms with Crippen LogP contribution in [0.25, 0.3) is 109 Å². The number of furan rings is 1. The van der Waals surface area contributed by atoms with Crippen LogP contribution in [0.1, 0.15) is 0 Å². The lowest BCUT2D eigenvalue weighted by molar-refractivity contribution is 0.669. The zero-order valence-corrected chi connectivity index (χ0v) is 29.7. The Labute approximate surface area is 314 Å². The highest BCUT2D eigenvalue weighted by molar-refractivity contribution is 7.25. The molecule has 0 amide bonds. The number of fused-ring (bicyclic) bond motifs is 7. The average Bonchev–Trinajstić information content (AvgIpc) is 3.81. The van der Waals surface area contributed by atoms with Gasteiger partial charge >= 0.3 is 0 Å². The van der Waals surface area contributed by atoms with Crippen molar-refractivity contribution >= 4 is 64.2 Å². The van der Waals surface area contributed by atoms with Gasteiger partial charge in [-0.2, -0.15) is 0 Å². The molecule has 0 unspecified atom stereocenters. The molecule has 0 aliphatic heterocycles. The highest BCUT2D eigenvalue weighted by Gasteiger charge is 2.19. The van der Waals surface area contributed by atoms with Gasteiger partial charge in [0.15, 0.2) is 17.5 Å². The van der Waals surface area contributed by atoms with Crippen LogP contribution in [0.5, 0.6) is 0 Å². The van der Waals surface area contributed by atoms with E-state index in [1.54, 1.807) is 0 Å². The van der Waals surface area contributed by atoms with Crippen LogP contribution in [0.2, 0.25) is 0 Å². The van der Waals surface area contributed by atoms with Gasteiger partial charge in [-0.25, -0.2) is 15.0 Å². The normalized spacial score (nSPS) is 11.7. The van der Waals surface area contributed by atoms with Gasteiger partial charge in [-0.15, -0.1) is 11.3 Å². The van der Waals surface area contributed by atoms with Gasteiger partial charge in [0, 0.05) is 47.6 Å². The molecule has 3 heterocycles. The summed E-state index contributed by atoms with van der Waals surface area (Å²) in [7, 11) is 0. The quantitative estimate of drug-likeness (QED) is 0.179. The molecule has 11 rings (SSSR count). The molecule has 4 nitrogen and oxygen atoms in total. The summed E-state index contributed by atoms with van der Waals surface area (Å²) >= 11 is 1.84. The summed E-state index contributed by atoms with van der Waals surface area (Å²) < 4.78 is 9.08. The fourth-order valence-corrected chi connectivity index (χ4v) is 8.71. The topological polar surface area (TPSA) is 51.8 Å². The van der Waals surface area contributed by atoms with Gasteiger partial charge in [-0.05, 0) is 75.5 Å². The van der Waals surface area contributed by atoms with Crippen molar-refractivity contribution in [2.45, 2.75) is 0 Å². The molecule has 54 heavy (non-hydrogen) atoms. The maximum absolute atomic E-state index is 6.48. The van der Waals surface area contributed by atoms with E-state index in [1.807, 2.05) is 29.5 Å².